The molecule has 6 nitrogen and oxygen atoms in total. The Morgan fingerprint density at radius 3 is 2.46 bits per heavy atom. The minimum atomic E-state index is 0.0719. The molecule has 1 aromatic rings. The summed E-state index contributed by atoms with van der Waals surface area (Å²) in [6.07, 6.45) is 3.50. The van der Waals surface area contributed by atoms with E-state index in [4.69, 9.17) is 9.47 Å². The van der Waals surface area contributed by atoms with Gasteiger partial charge in [0.05, 0.1) is 13.2 Å². The van der Waals surface area contributed by atoms with E-state index in [2.05, 4.69) is 24.3 Å². The molecule has 0 N–H and O–H groups in total. The first-order valence-electron chi connectivity index (χ1n) is 10.3. The Hall–Kier alpha value is -1.92. The van der Waals surface area contributed by atoms with Gasteiger partial charge in [0.25, 0.3) is 0 Å². The lowest BCUT2D eigenvalue weighted by Crippen LogP contribution is -2.45. The molecule has 2 aliphatic heterocycles. The van der Waals surface area contributed by atoms with Gasteiger partial charge < -0.3 is 19.3 Å². The average Bonchev–Trinajstić information content (AvgIpc) is 3.02. The Balaban J connectivity index is 1.47. The van der Waals surface area contributed by atoms with Crippen molar-refractivity contribution in [1.29, 1.82) is 0 Å². The van der Waals surface area contributed by atoms with Crippen LogP contribution in [-0.2, 0) is 24.5 Å². The number of fused-ring (bicyclic) bond motifs is 2. The lowest BCUT2D eigenvalue weighted by Gasteiger charge is -2.40. The van der Waals surface area contributed by atoms with Gasteiger partial charge in [-0.1, -0.05) is 24.3 Å². The number of carbonyl (C=O) groups excluding carboxylic acids is 2. The number of amides is 2. The van der Waals surface area contributed by atoms with Crippen molar-refractivity contribution >= 4 is 11.8 Å². The Labute approximate surface area is 166 Å². The van der Waals surface area contributed by atoms with E-state index in [1.165, 1.54) is 11.1 Å². The van der Waals surface area contributed by atoms with E-state index >= 15 is 0 Å². The largest absolute Gasteiger partial charge is 0.378 e. The van der Waals surface area contributed by atoms with Crippen molar-refractivity contribution in [3.05, 3.63) is 35.4 Å². The maximum absolute atomic E-state index is 12.9. The number of benzene rings is 1. The monoisotopic (exact) mass is 386 g/mol. The van der Waals surface area contributed by atoms with E-state index < -0.39 is 0 Å². The topological polar surface area (TPSA) is 59.1 Å². The molecule has 2 heterocycles. The van der Waals surface area contributed by atoms with Crippen molar-refractivity contribution in [1.82, 2.24) is 9.80 Å². The van der Waals surface area contributed by atoms with Crippen LogP contribution in [0.15, 0.2) is 24.3 Å². The first-order chi connectivity index (χ1) is 13.6. The van der Waals surface area contributed by atoms with E-state index in [-0.39, 0.29) is 29.8 Å². The summed E-state index contributed by atoms with van der Waals surface area (Å²) >= 11 is 0. The van der Waals surface area contributed by atoms with Gasteiger partial charge in [-0.2, -0.15) is 0 Å². The summed E-state index contributed by atoms with van der Waals surface area (Å²) in [7, 11) is 1.56. The van der Waals surface area contributed by atoms with Crippen LogP contribution in [0.3, 0.4) is 0 Å². The summed E-state index contributed by atoms with van der Waals surface area (Å²) in [6.45, 7) is 4.37. The van der Waals surface area contributed by atoms with Crippen LogP contribution in [0.5, 0.6) is 0 Å². The third kappa shape index (κ3) is 3.67. The molecule has 0 unspecified atom stereocenters. The van der Waals surface area contributed by atoms with Crippen LogP contribution in [0, 0.1) is 0 Å². The zero-order valence-electron chi connectivity index (χ0n) is 16.7. The fourth-order valence-corrected chi connectivity index (χ4v) is 5.23. The second-order valence-electron chi connectivity index (χ2n) is 8.28. The van der Waals surface area contributed by atoms with Crippen LogP contribution in [0.4, 0.5) is 0 Å². The summed E-state index contributed by atoms with van der Waals surface area (Å²) in [4.78, 5) is 28.9. The van der Waals surface area contributed by atoms with Gasteiger partial charge in [-0.05, 0) is 41.7 Å². The number of ether oxygens (including phenoxy) is 2. The minimum Gasteiger partial charge on any atom is -0.378 e. The van der Waals surface area contributed by atoms with Crippen LogP contribution in [0.25, 0.3) is 0 Å². The number of morpholine rings is 1. The number of carbonyl (C=O) groups is 2. The molecule has 1 atom stereocenters. The smallest absolute Gasteiger partial charge is 0.248 e. The summed E-state index contributed by atoms with van der Waals surface area (Å²) < 4.78 is 10.4. The summed E-state index contributed by atoms with van der Waals surface area (Å²) in [5, 5.41) is 0. The van der Waals surface area contributed by atoms with Gasteiger partial charge in [0.1, 0.15) is 6.61 Å². The summed E-state index contributed by atoms with van der Waals surface area (Å²) in [5.74, 6) is 0.586. The molecule has 3 aliphatic rings. The predicted molar refractivity (Wildman–Crippen MR) is 105 cm³/mol. The van der Waals surface area contributed by atoms with Gasteiger partial charge in [-0.25, -0.2) is 0 Å². The van der Waals surface area contributed by atoms with Gasteiger partial charge in [0.15, 0.2) is 0 Å². The van der Waals surface area contributed by atoms with Gasteiger partial charge in [0, 0.05) is 39.7 Å². The van der Waals surface area contributed by atoms with Gasteiger partial charge in [0.2, 0.25) is 11.8 Å². The Bertz CT molecular complexity index is 721. The van der Waals surface area contributed by atoms with Crippen LogP contribution < -0.4 is 0 Å². The SMILES string of the molecule is COCC(=O)N1CCC2(CC1)C[C@H](CC(=O)N1CCOCC1)c1ccccc12. The molecular formula is C22H30N2O4. The second-order valence-corrected chi connectivity index (χ2v) is 8.28. The maximum Gasteiger partial charge on any atom is 0.248 e. The van der Waals surface area contributed by atoms with Crippen molar-refractivity contribution in [2.24, 2.45) is 0 Å². The Kier molecular flexibility index (Phi) is 5.69. The van der Waals surface area contributed by atoms with Crippen molar-refractivity contribution < 1.29 is 19.1 Å². The fraction of sp³-hybridized carbons (Fsp3) is 0.636. The zero-order valence-corrected chi connectivity index (χ0v) is 16.7. The molecule has 28 heavy (non-hydrogen) atoms. The van der Waals surface area contributed by atoms with Gasteiger partial charge >= 0.3 is 0 Å². The third-order valence-corrected chi connectivity index (χ3v) is 6.73. The number of methoxy groups -OCH3 is 1. The van der Waals surface area contributed by atoms with E-state index in [0.717, 1.165) is 32.4 Å². The van der Waals surface area contributed by atoms with Crippen molar-refractivity contribution in [2.45, 2.75) is 37.0 Å². The van der Waals surface area contributed by atoms with Crippen LogP contribution in [0.1, 0.15) is 42.7 Å². The molecule has 0 radical (unpaired) electrons. The average molecular weight is 386 g/mol. The Morgan fingerprint density at radius 2 is 1.75 bits per heavy atom. The number of piperidine rings is 1. The fourth-order valence-electron chi connectivity index (χ4n) is 5.23. The van der Waals surface area contributed by atoms with Crippen molar-refractivity contribution in [2.75, 3.05) is 53.1 Å². The molecule has 0 saturated carbocycles. The molecule has 6 heteroatoms. The van der Waals surface area contributed by atoms with E-state index in [1.54, 1.807) is 7.11 Å². The highest BCUT2D eigenvalue weighted by Crippen LogP contribution is 2.52. The van der Waals surface area contributed by atoms with Gasteiger partial charge in [-0.15, -0.1) is 0 Å². The maximum atomic E-state index is 12.9. The number of hydrogen-bond acceptors (Lipinski definition) is 4. The molecule has 2 amide bonds. The highest BCUT2D eigenvalue weighted by atomic mass is 16.5. The first kappa shape index (κ1) is 19.4. The van der Waals surface area contributed by atoms with Crippen LogP contribution >= 0.6 is 0 Å². The number of nitrogens with zero attached hydrogens (tertiary/aromatic N) is 2. The molecule has 0 bridgehead atoms. The predicted octanol–water partition coefficient (Wildman–Crippen LogP) is 1.93. The quantitative estimate of drug-likeness (QED) is 0.793. The number of likely N-dealkylation sites (tertiary alicyclic amines) is 1. The van der Waals surface area contributed by atoms with Crippen LogP contribution in [-0.4, -0.2) is 74.7 Å². The molecule has 1 spiro atoms. The highest BCUT2D eigenvalue weighted by molar-refractivity contribution is 5.78. The molecule has 1 aliphatic carbocycles. The molecular weight excluding hydrogens is 356 g/mol. The Morgan fingerprint density at radius 1 is 1.07 bits per heavy atom. The lowest BCUT2D eigenvalue weighted by atomic mass is 9.73. The minimum absolute atomic E-state index is 0.0719. The van der Waals surface area contributed by atoms with Crippen LogP contribution in [0.2, 0.25) is 0 Å². The van der Waals surface area contributed by atoms with Crippen molar-refractivity contribution in [3.8, 4) is 0 Å². The zero-order chi connectivity index (χ0) is 19.6. The molecule has 0 aromatic heterocycles. The first-order valence-corrected chi connectivity index (χ1v) is 10.3. The van der Waals surface area contributed by atoms with Gasteiger partial charge in [-0.3, -0.25) is 9.59 Å². The summed E-state index contributed by atoms with van der Waals surface area (Å²) in [6, 6.07) is 8.63. The third-order valence-electron chi connectivity index (χ3n) is 6.73. The molecule has 152 valence electrons. The standard InChI is InChI=1S/C22H30N2O4/c1-27-16-21(26)23-8-6-22(7-9-23)15-17(18-4-2-3-5-19(18)22)14-20(25)24-10-12-28-13-11-24/h2-5,17H,6-16H2,1H3/t17-/m0/s1. The normalized spacial score (nSPS) is 23.7. The molecule has 4 rings (SSSR count). The number of rotatable bonds is 4. The summed E-state index contributed by atoms with van der Waals surface area (Å²) in [5.41, 5.74) is 2.82. The second kappa shape index (κ2) is 8.21. The highest BCUT2D eigenvalue weighted by Gasteiger charge is 2.46. The van der Waals surface area contributed by atoms with E-state index in [0.29, 0.717) is 32.7 Å². The van der Waals surface area contributed by atoms with E-state index in [1.807, 2.05) is 9.80 Å². The van der Waals surface area contributed by atoms with E-state index in [9.17, 15) is 9.59 Å². The molecule has 1 aromatic carbocycles. The lowest BCUT2D eigenvalue weighted by molar-refractivity contribution is -0.136. The number of hydrogen-bond donors (Lipinski definition) is 0. The molecule has 2 fully saturated rings. The van der Waals surface area contributed by atoms with Crippen molar-refractivity contribution in [3.63, 3.8) is 0 Å². The molecule has 2 saturated heterocycles.